The summed E-state index contributed by atoms with van der Waals surface area (Å²) in [4.78, 5) is 15.6. The zero-order valence-corrected chi connectivity index (χ0v) is 14.3. The van der Waals surface area contributed by atoms with Crippen LogP contribution < -0.4 is 11.1 Å². The van der Waals surface area contributed by atoms with Crippen LogP contribution in [0.25, 0.3) is 11.3 Å². The molecule has 0 saturated carbocycles. The molecule has 0 atom stereocenters. The molecule has 0 saturated heterocycles. The molecule has 1 heterocycles. The number of amides is 1. The predicted molar refractivity (Wildman–Crippen MR) is 100 cm³/mol. The van der Waals surface area contributed by atoms with Gasteiger partial charge in [0.2, 0.25) is 5.91 Å². The first-order valence-corrected chi connectivity index (χ1v) is 8.43. The Morgan fingerprint density at radius 2 is 1.85 bits per heavy atom. The molecule has 0 fully saturated rings. The lowest BCUT2D eigenvalue weighted by atomic mass is 10.1. The minimum Gasteiger partial charge on any atom is -0.366 e. The van der Waals surface area contributed by atoms with E-state index in [4.69, 9.17) is 5.73 Å². The fourth-order valence-electron chi connectivity index (χ4n) is 2.67. The van der Waals surface area contributed by atoms with Gasteiger partial charge in [0, 0.05) is 23.9 Å². The molecule has 0 aliphatic carbocycles. The Morgan fingerprint density at radius 3 is 2.54 bits per heavy atom. The van der Waals surface area contributed by atoms with Crippen molar-refractivity contribution in [2.75, 3.05) is 6.54 Å². The molecule has 0 aliphatic heterocycles. The normalized spacial score (nSPS) is 10.7. The van der Waals surface area contributed by atoms with Gasteiger partial charge in [-0.2, -0.15) is 0 Å². The van der Waals surface area contributed by atoms with Crippen molar-refractivity contribution in [3.8, 4) is 11.3 Å². The van der Waals surface area contributed by atoms with Gasteiger partial charge in [-0.3, -0.25) is 9.78 Å². The van der Waals surface area contributed by atoms with Crippen LogP contribution in [-0.2, 0) is 13.0 Å². The molecule has 0 aliphatic rings. The number of primary amides is 1. The van der Waals surface area contributed by atoms with E-state index in [0.717, 1.165) is 18.5 Å². The van der Waals surface area contributed by atoms with Crippen LogP contribution in [0.3, 0.4) is 0 Å². The highest BCUT2D eigenvalue weighted by Gasteiger charge is 2.10. The van der Waals surface area contributed by atoms with Crippen molar-refractivity contribution < 1.29 is 9.18 Å². The molecule has 1 aromatic heterocycles. The summed E-state index contributed by atoms with van der Waals surface area (Å²) in [5, 5.41) is 3.37. The molecule has 3 rings (SSSR count). The molecule has 4 nitrogen and oxygen atoms in total. The summed E-state index contributed by atoms with van der Waals surface area (Å²) in [5.74, 6) is -1.03. The lowest BCUT2D eigenvalue weighted by Crippen LogP contribution is -2.16. The topological polar surface area (TPSA) is 68.0 Å². The third-order valence-electron chi connectivity index (χ3n) is 4.11. The van der Waals surface area contributed by atoms with Gasteiger partial charge in [-0.25, -0.2) is 4.39 Å². The van der Waals surface area contributed by atoms with E-state index in [1.54, 1.807) is 12.3 Å². The van der Waals surface area contributed by atoms with Crippen LogP contribution in [0.1, 0.15) is 21.5 Å². The average Bonchev–Trinajstić information content (AvgIpc) is 2.67. The zero-order valence-electron chi connectivity index (χ0n) is 14.3. The predicted octanol–water partition coefficient (Wildman–Crippen LogP) is 3.32. The number of nitrogens with two attached hydrogens (primary N) is 1. The highest BCUT2D eigenvalue weighted by atomic mass is 19.1. The molecule has 1 amide bonds. The maximum atomic E-state index is 14.0. The van der Waals surface area contributed by atoms with Crippen LogP contribution in [0, 0.1) is 5.82 Å². The first-order chi connectivity index (χ1) is 12.6. The summed E-state index contributed by atoms with van der Waals surface area (Å²) in [5.41, 5.74) is 8.55. The van der Waals surface area contributed by atoms with E-state index in [-0.39, 0.29) is 11.1 Å². The standard InChI is InChI=1S/C21H20FN3O/c22-19-8-7-17(21(23)26)12-18(19)20-9-6-16(14-25-20)13-24-11-10-15-4-2-1-3-5-15/h1-9,12,14,24H,10-11,13H2,(H2,23,26). The van der Waals surface area contributed by atoms with E-state index in [1.165, 1.54) is 23.8 Å². The Morgan fingerprint density at radius 1 is 1.04 bits per heavy atom. The average molecular weight is 349 g/mol. The van der Waals surface area contributed by atoms with Crippen molar-refractivity contribution in [2.45, 2.75) is 13.0 Å². The van der Waals surface area contributed by atoms with Crippen LogP contribution in [0.2, 0.25) is 0 Å². The number of carbonyl (C=O) groups is 1. The van der Waals surface area contributed by atoms with Gasteiger partial charge in [-0.15, -0.1) is 0 Å². The zero-order chi connectivity index (χ0) is 18.4. The van der Waals surface area contributed by atoms with Crippen LogP contribution in [0.5, 0.6) is 0 Å². The second-order valence-corrected chi connectivity index (χ2v) is 6.02. The van der Waals surface area contributed by atoms with E-state index in [1.807, 2.05) is 24.3 Å². The summed E-state index contributed by atoms with van der Waals surface area (Å²) in [6.45, 7) is 1.55. The van der Waals surface area contributed by atoms with E-state index in [9.17, 15) is 9.18 Å². The molecule has 0 bridgehead atoms. The number of hydrogen-bond acceptors (Lipinski definition) is 3. The fourth-order valence-corrected chi connectivity index (χ4v) is 2.67. The maximum Gasteiger partial charge on any atom is 0.248 e. The number of benzene rings is 2. The largest absolute Gasteiger partial charge is 0.366 e. The van der Waals surface area contributed by atoms with Crippen LogP contribution >= 0.6 is 0 Å². The molecule has 0 unspecified atom stereocenters. The van der Waals surface area contributed by atoms with Crippen molar-refractivity contribution in [1.82, 2.24) is 10.3 Å². The minimum absolute atomic E-state index is 0.259. The molecular formula is C21H20FN3O. The van der Waals surface area contributed by atoms with E-state index >= 15 is 0 Å². The number of hydrogen-bond donors (Lipinski definition) is 2. The summed E-state index contributed by atoms with van der Waals surface area (Å²) in [6.07, 6.45) is 2.67. The number of aromatic nitrogens is 1. The summed E-state index contributed by atoms with van der Waals surface area (Å²) >= 11 is 0. The van der Waals surface area contributed by atoms with Crippen LogP contribution in [-0.4, -0.2) is 17.4 Å². The van der Waals surface area contributed by atoms with Gasteiger partial charge in [0.1, 0.15) is 5.82 Å². The number of pyridine rings is 1. The quantitative estimate of drug-likeness (QED) is 0.643. The van der Waals surface area contributed by atoms with Crippen molar-refractivity contribution in [3.05, 3.63) is 89.4 Å². The number of nitrogens with one attached hydrogen (secondary N) is 1. The Kier molecular flexibility index (Phi) is 5.71. The molecule has 132 valence electrons. The monoisotopic (exact) mass is 349 g/mol. The number of carbonyl (C=O) groups excluding carboxylic acids is 1. The Balaban J connectivity index is 1.60. The second kappa shape index (κ2) is 8.36. The van der Waals surface area contributed by atoms with Crippen LogP contribution in [0.15, 0.2) is 66.9 Å². The van der Waals surface area contributed by atoms with Crippen molar-refractivity contribution in [3.63, 3.8) is 0 Å². The Labute approximate surface area is 151 Å². The van der Waals surface area contributed by atoms with Gasteiger partial charge in [-0.1, -0.05) is 36.4 Å². The molecule has 5 heteroatoms. The Hall–Kier alpha value is -3.05. The van der Waals surface area contributed by atoms with Gasteiger partial charge in [0.05, 0.1) is 5.69 Å². The van der Waals surface area contributed by atoms with Gasteiger partial charge in [0.25, 0.3) is 0 Å². The lowest BCUT2D eigenvalue weighted by molar-refractivity contribution is 0.100. The molecular weight excluding hydrogens is 329 g/mol. The van der Waals surface area contributed by atoms with Crippen LogP contribution in [0.4, 0.5) is 4.39 Å². The fraction of sp³-hybridized carbons (Fsp3) is 0.143. The molecule has 2 aromatic carbocycles. The number of rotatable bonds is 7. The summed E-state index contributed by atoms with van der Waals surface area (Å²) < 4.78 is 14.0. The first-order valence-electron chi connectivity index (χ1n) is 8.43. The third-order valence-corrected chi connectivity index (χ3v) is 4.11. The third kappa shape index (κ3) is 4.52. The van der Waals surface area contributed by atoms with Gasteiger partial charge in [0.15, 0.2) is 0 Å². The molecule has 3 N–H and O–H groups in total. The van der Waals surface area contributed by atoms with Crippen molar-refractivity contribution in [2.24, 2.45) is 5.73 Å². The SMILES string of the molecule is NC(=O)c1ccc(F)c(-c2ccc(CNCCc3ccccc3)cn2)c1. The molecule has 3 aromatic rings. The molecule has 0 spiro atoms. The van der Waals surface area contributed by atoms with Gasteiger partial charge in [-0.05, 0) is 48.4 Å². The summed E-state index contributed by atoms with van der Waals surface area (Å²) in [6, 6.07) is 18.0. The Bertz CT molecular complexity index is 880. The number of nitrogens with zero attached hydrogens (tertiary/aromatic N) is 1. The van der Waals surface area contributed by atoms with Crippen molar-refractivity contribution in [1.29, 1.82) is 0 Å². The highest BCUT2D eigenvalue weighted by Crippen LogP contribution is 2.22. The second-order valence-electron chi connectivity index (χ2n) is 6.02. The van der Waals surface area contributed by atoms with E-state index in [0.29, 0.717) is 12.2 Å². The lowest BCUT2D eigenvalue weighted by Gasteiger charge is -2.07. The number of halogens is 1. The summed E-state index contributed by atoms with van der Waals surface area (Å²) in [7, 11) is 0. The van der Waals surface area contributed by atoms with E-state index < -0.39 is 11.7 Å². The van der Waals surface area contributed by atoms with Crippen molar-refractivity contribution >= 4 is 5.91 Å². The minimum atomic E-state index is -0.592. The van der Waals surface area contributed by atoms with E-state index in [2.05, 4.69) is 22.4 Å². The maximum absolute atomic E-state index is 14.0. The highest BCUT2D eigenvalue weighted by molar-refractivity contribution is 5.94. The molecule has 0 radical (unpaired) electrons. The smallest absolute Gasteiger partial charge is 0.248 e. The molecule has 26 heavy (non-hydrogen) atoms. The van der Waals surface area contributed by atoms with Gasteiger partial charge >= 0.3 is 0 Å². The van der Waals surface area contributed by atoms with Gasteiger partial charge < -0.3 is 11.1 Å². The first kappa shape index (κ1) is 17.8.